The van der Waals surface area contributed by atoms with Gasteiger partial charge in [0.05, 0.1) is 11.5 Å². The summed E-state index contributed by atoms with van der Waals surface area (Å²) >= 11 is 9.08. The Balaban J connectivity index is 1.72. The molecule has 1 N–H and O–H groups in total. The predicted molar refractivity (Wildman–Crippen MR) is 82.7 cm³/mol. The molecule has 1 aromatic heterocycles. The number of hydrogen-bond acceptors (Lipinski definition) is 4. The van der Waals surface area contributed by atoms with Gasteiger partial charge in [0.25, 0.3) is 5.91 Å². The van der Waals surface area contributed by atoms with Crippen LogP contribution in [0.3, 0.4) is 0 Å². The third-order valence-corrected chi connectivity index (χ3v) is 5.22. The summed E-state index contributed by atoms with van der Waals surface area (Å²) in [6.07, 6.45) is 1.92. The van der Waals surface area contributed by atoms with E-state index in [1.165, 1.54) is 16.2 Å². The van der Waals surface area contributed by atoms with Crippen molar-refractivity contribution in [2.75, 3.05) is 31.4 Å². The van der Waals surface area contributed by atoms with E-state index in [0.29, 0.717) is 25.6 Å². The van der Waals surface area contributed by atoms with Crippen LogP contribution in [0.25, 0.3) is 0 Å². The number of rotatable bonds is 7. The van der Waals surface area contributed by atoms with Gasteiger partial charge in [-0.05, 0) is 30.2 Å². The van der Waals surface area contributed by atoms with Gasteiger partial charge < -0.3 is 10.1 Å². The summed E-state index contributed by atoms with van der Waals surface area (Å²) in [5, 5.41) is 2.94. The Bertz CT molecular complexity index is 399. The maximum Gasteiger partial charge on any atom is 0.261 e. The number of amides is 1. The minimum Gasteiger partial charge on any atom is -0.380 e. The zero-order valence-corrected chi connectivity index (χ0v) is 13.1. The molecule has 106 valence electrons. The van der Waals surface area contributed by atoms with Gasteiger partial charge in [0.1, 0.15) is 0 Å². The fourth-order valence-corrected chi connectivity index (χ4v) is 4.28. The Morgan fingerprint density at radius 3 is 3.16 bits per heavy atom. The number of aryl methyl sites for hydroxylation is 1. The van der Waals surface area contributed by atoms with Crippen molar-refractivity contribution < 1.29 is 9.53 Å². The minimum absolute atomic E-state index is 0.0433. The molecular formula is C13H18ClNO2S2. The maximum atomic E-state index is 12.0. The summed E-state index contributed by atoms with van der Waals surface area (Å²) in [5.41, 5.74) is 1.34. The minimum atomic E-state index is 0.0433. The highest BCUT2D eigenvalue weighted by molar-refractivity contribution is 7.98. The summed E-state index contributed by atoms with van der Waals surface area (Å²) in [6.45, 7) is 1.87. The molecule has 0 aliphatic carbocycles. The smallest absolute Gasteiger partial charge is 0.261 e. The lowest BCUT2D eigenvalue weighted by molar-refractivity contribution is 0.0948. The lowest BCUT2D eigenvalue weighted by Crippen LogP contribution is -2.24. The molecule has 6 heteroatoms. The zero-order valence-electron chi connectivity index (χ0n) is 10.7. The van der Waals surface area contributed by atoms with Gasteiger partial charge in [0.2, 0.25) is 0 Å². The van der Waals surface area contributed by atoms with Crippen molar-refractivity contribution in [1.29, 1.82) is 0 Å². The Labute approximate surface area is 127 Å². The number of thioether (sulfide) groups is 1. The molecule has 0 aromatic carbocycles. The number of carbonyl (C=O) groups excluding carboxylic acids is 1. The van der Waals surface area contributed by atoms with Crippen LogP contribution in [0.15, 0.2) is 6.07 Å². The molecule has 1 aliphatic heterocycles. The van der Waals surface area contributed by atoms with Gasteiger partial charge in [-0.15, -0.1) is 22.9 Å². The molecular weight excluding hydrogens is 302 g/mol. The standard InChI is InChI=1S/C13H18ClNO2S2/c14-3-6-17-5-1-4-15-13(16)12-8-10-9-18-7-2-11(10)19-12/h8H,1-7,9H2,(H,15,16). The molecule has 0 saturated carbocycles. The summed E-state index contributed by atoms with van der Waals surface area (Å²) in [7, 11) is 0. The largest absolute Gasteiger partial charge is 0.380 e. The average molecular weight is 320 g/mol. The van der Waals surface area contributed by atoms with Gasteiger partial charge in [-0.2, -0.15) is 11.8 Å². The maximum absolute atomic E-state index is 12.0. The molecule has 0 unspecified atom stereocenters. The van der Waals surface area contributed by atoms with Crippen LogP contribution in [-0.4, -0.2) is 37.3 Å². The highest BCUT2D eigenvalue weighted by atomic mass is 35.5. The molecule has 0 atom stereocenters. The molecule has 0 saturated heterocycles. The van der Waals surface area contributed by atoms with Gasteiger partial charge in [-0.3, -0.25) is 4.79 Å². The number of carbonyl (C=O) groups is 1. The number of hydrogen-bond donors (Lipinski definition) is 1. The first-order chi connectivity index (χ1) is 9.31. The molecule has 0 bridgehead atoms. The Morgan fingerprint density at radius 1 is 1.47 bits per heavy atom. The van der Waals surface area contributed by atoms with Gasteiger partial charge >= 0.3 is 0 Å². The van der Waals surface area contributed by atoms with Crippen LogP contribution in [-0.2, 0) is 16.9 Å². The Hall–Kier alpha value is -0.230. The summed E-state index contributed by atoms with van der Waals surface area (Å²) in [5.74, 6) is 2.78. The van der Waals surface area contributed by atoms with Crippen molar-refractivity contribution in [3.63, 3.8) is 0 Å². The van der Waals surface area contributed by atoms with Gasteiger partial charge in [0, 0.05) is 29.7 Å². The van der Waals surface area contributed by atoms with E-state index < -0.39 is 0 Å². The van der Waals surface area contributed by atoms with Crippen LogP contribution < -0.4 is 5.32 Å². The molecule has 3 nitrogen and oxygen atoms in total. The Morgan fingerprint density at radius 2 is 2.37 bits per heavy atom. The van der Waals surface area contributed by atoms with Crippen molar-refractivity contribution in [2.45, 2.75) is 18.6 Å². The predicted octanol–water partition coefficient (Wildman–Crippen LogP) is 2.91. The number of fused-ring (bicyclic) bond motifs is 1. The van der Waals surface area contributed by atoms with Crippen LogP contribution in [0.5, 0.6) is 0 Å². The lowest BCUT2D eigenvalue weighted by atomic mass is 10.2. The quantitative estimate of drug-likeness (QED) is 0.620. The number of ether oxygens (including phenoxy) is 1. The molecule has 1 amide bonds. The van der Waals surface area contributed by atoms with Gasteiger partial charge in [0.15, 0.2) is 0 Å². The molecule has 0 radical (unpaired) electrons. The first-order valence-electron chi connectivity index (χ1n) is 6.42. The summed E-state index contributed by atoms with van der Waals surface area (Å²) < 4.78 is 5.25. The Kier molecular flexibility index (Phi) is 6.50. The van der Waals surface area contributed by atoms with Crippen LogP contribution >= 0.6 is 34.7 Å². The second-order valence-electron chi connectivity index (χ2n) is 4.27. The average Bonchev–Trinajstić information content (AvgIpc) is 2.86. The van der Waals surface area contributed by atoms with E-state index >= 15 is 0 Å². The van der Waals surface area contributed by atoms with E-state index in [1.807, 2.05) is 17.8 Å². The summed E-state index contributed by atoms with van der Waals surface area (Å²) in [6, 6.07) is 2.05. The lowest BCUT2D eigenvalue weighted by Gasteiger charge is -2.08. The van der Waals surface area contributed by atoms with E-state index in [4.69, 9.17) is 16.3 Å². The van der Waals surface area contributed by atoms with Gasteiger partial charge in [-0.1, -0.05) is 0 Å². The second-order valence-corrected chi connectivity index (χ2v) is 6.89. The van der Waals surface area contributed by atoms with E-state index in [9.17, 15) is 4.79 Å². The molecule has 1 aromatic rings. The van der Waals surface area contributed by atoms with Crippen molar-refractivity contribution in [1.82, 2.24) is 5.32 Å². The third-order valence-electron chi connectivity index (χ3n) is 2.82. The molecule has 0 spiro atoms. The first kappa shape index (κ1) is 15.2. The van der Waals surface area contributed by atoms with Crippen molar-refractivity contribution in [3.8, 4) is 0 Å². The second kappa shape index (κ2) is 8.15. The molecule has 2 rings (SSSR count). The number of halogens is 1. The monoisotopic (exact) mass is 319 g/mol. The number of nitrogens with one attached hydrogen (secondary N) is 1. The van der Waals surface area contributed by atoms with E-state index in [2.05, 4.69) is 5.32 Å². The topological polar surface area (TPSA) is 38.3 Å². The molecule has 19 heavy (non-hydrogen) atoms. The summed E-state index contributed by atoms with van der Waals surface area (Å²) in [4.78, 5) is 14.2. The molecule has 1 aliphatic rings. The highest BCUT2D eigenvalue weighted by Crippen LogP contribution is 2.31. The first-order valence-corrected chi connectivity index (χ1v) is 8.93. The van der Waals surface area contributed by atoms with Crippen LogP contribution in [0.1, 0.15) is 26.5 Å². The van der Waals surface area contributed by atoms with E-state index in [0.717, 1.165) is 23.5 Å². The van der Waals surface area contributed by atoms with E-state index in [1.54, 1.807) is 11.3 Å². The van der Waals surface area contributed by atoms with Crippen LogP contribution in [0, 0.1) is 0 Å². The fraction of sp³-hybridized carbons (Fsp3) is 0.615. The van der Waals surface area contributed by atoms with Crippen molar-refractivity contribution in [3.05, 3.63) is 21.4 Å². The van der Waals surface area contributed by atoms with Crippen molar-refractivity contribution >= 4 is 40.6 Å². The molecule has 0 fully saturated rings. The van der Waals surface area contributed by atoms with Crippen LogP contribution in [0.4, 0.5) is 0 Å². The highest BCUT2D eigenvalue weighted by Gasteiger charge is 2.16. The van der Waals surface area contributed by atoms with Crippen molar-refractivity contribution in [2.24, 2.45) is 0 Å². The molecule has 2 heterocycles. The third kappa shape index (κ3) is 4.67. The van der Waals surface area contributed by atoms with Gasteiger partial charge in [-0.25, -0.2) is 0 Å². The van der Waals surface area contributed by atoms with Crippen LogP contribution in [0.2, 0.25) is 0 Å². The normalized spacial score (nSPS) is 14.2. The SMILES string of the molecule is O=C(NCCCOCCCl)c1cc2c(s1)CCSC2. The van der Waals surface area contributed by atoms with E-state index in [-0.39, 0.29) is 5.91 Å². The number of alkyl halides is 1. The zero-order chi connectivity index (χ0) is 13.5. The number of thiophene rings is 1. The fourth-order valence-electron chi connectivity index (χ4n) is 1.88.